The number of hydrogen-bond donors (Lipinski definition) is 2. The molecular formula is C8H8BrFN2O. The van der Waals surface area contributed by atoms with Crippen LogP contribution in [0.1, 0.15) is 10.4 Å². The van der Waals surface area contributed by atoms with E-state index >= 15 is 0 Å². The molecule has 1 amide bonds. The summed E-state index contributed by atoms with van der Waals surface area (Å²) in [4.78, 5) is 11.2. The van der Waals surface area contributed by atoms with Gasteiger partial charge in [0.15, 0.2) is 0 Å². The molecular weight excluding hydrogens is 239 g/mol. The molecule has 13 heavy (non-hydrogen) atoms. The molecule has 0 radical (unpaired) electrons. The van der Waals surface area contributed by atoms with E-state index in [4.69, 9.17) is 5.73 Å². The van der Waals surface area contributed by atoms with Crippen LogP contribution in [0, 0.1) is 5.82 Å². The zero-order valence-corrected chi connectivity index (χ0v) is 8.48. The zero-order chi connectivity index (χ0) is 10.0. The number of carbonyl (C=O) groups excluding carboxylic acids is 1. The highest BCUT2D eigenvalue weighted by Gasteiger charge is 2.12. The summed E-state index contributed by atoms with van der Waals surface area (Å²) in [6.45, 7) is 0. The van der Waals surface area contributed by atoms with Gasteiger partial charge in [-0.15, -0.1) is 0 Å². The molecule has 0 aliphatic carbocycles. The normalized spacial score (nSPS) is 9.77. The fraction of sp³-hybridized carbons (Fsp3) is 0.125. The Morgan fingerprint density at radius 2 is 2.23 bits per heavy atom. The van der Waals surface area contributed by atoms with Gasteiger partial charge in [-0.25, -0.2) is 4.39 Å². The molecule has 1 rings (SSSR count). The maximum atomic E-state index is 13.0. The van der Waals surface area contributed by atoms with Crippen molar-refractivity contribution in [3.8, 4) is 0 Å². The van der Waals surface area contributed by atoms with Crippen molar-refractivity contribution in [3.05, 3.63) is 28.0 Å². The van der Waals surface area contributed by atoms with Gasteiger partial charge in [0.2, 0.25) is 0 Å². The van der Waals surface area contributed by atoms with Crippen molar-refractivity contribution in [2.75, 3.05) is 12.8 Å². The predicted octanol–water partition coefficient (Wildman–Crippen LogP) is 1.53. The topological polar surface area (TPSA) is 55.1 Å². The molecule has 0 fully saturated rings. The van der Waals surface area contributed by atoms with E-state index < -0.39 is 11.7 Å². The summed E-state index contributed by atoms with van der Waals surface area (Å²) in [5, 5.41) is 2.37. The third-order valence-electron chi connectivity index (χ3n) is 1.57. The second-order valence-corrected chi connectivity index (χ2v) is 3.34. The number of nitrogens with one attached hydrogen (secondary N) is 1. The minimum Gasteiger partial charge on any atom is -0.396 e. The maximum Gasteiger partial charge on any atom is 0.253 e. The fourth-order valence-corrected chi connectivity index (χ4v) is 1.34. The van der Waals surface area contributed by atoms with E-state index in [-0.39, 0.29) is 11.3 Å². The molecule has 0 aromatic heterocycles. The number of nitrogen functional groups attached to an aromatic ring is 1. The van der Waals surface area contributed by atoms with Crippen LogP contribution in [-0.2, 0) is 0 Å². The van der Waals surface area contributed by atoms with Gasteiger partial charge in [-0.2, -0.15) is 0 Å². The van der Waals surface area contributed by atoms with Crippen molar-refractivity contribution in [1.29, 1.82) is 0 Å². The van der Waals surface area contributed by atoms with E-state index in [2.05, 4.69) is 21.2 Å². The minimum atomic E-state index is -0.604. The lowest BCUT2D eigenvalue weighted by atomic mass is 10.1. The monoisotopic (exact) mass is 246 g/mol. The van der Waals surface area contributed by atoms with E-state index in [0.29, 0.717) is 4.47 Å². The highest BCUT2D eigenvalue weighted by molar-refractivity contribution is 9.10. The summed E-state index contributed by atoms with van der Waals surface area (Å²) in [6.07, 6.45) is 0. The standard InChI is InChI=1S/C8H8BrFN2O/c1-12-8(13)5-2-4(9)3-6(10)7(5)11/h2-3H,11H2,1H3,(H,12,13). The number of rotatable bonds is 1. The summed E-state index contributed by atoms with van der Waals surface area (Å²) in [5.41, 5.74) is 5.37. The summed E-state index contributed by atoms with van der Waals surface area (Å²) in [7, 11) is 1.46. The van der Waals surface area contributed by atoms with Gasteiger partial charge in [0.05, 0.1) is 11.3 Å². The number of nitrogens with two attached hydrogens (primary N) is 1. The number of halogens is 2. The molecule has 0 atom stereocenters. The first-order chi connectivity index (χ1) is 6.06. The summed E-state index contributed by atoms with van der Waals surface area (Å²) in [6, 6.07) is 2.68. The van der Waals surface area contributed by atoms with Crippen molar-refractivity contribution in [3.63, 3.8) is 0 Å². The van der Waals surface area contributed by atoms with Gasteiger partial charge < -0.3 is 11.1 Å². The van der Waals surface area contributed by atoms with Crippen LogP contribution < -0.4 is 11.1 Å². The summed E-state index contributed by atoms with van der Waals surface area (Å²) in [5.74, 6) is -1.01. The molecule has 3 N–H and O–H groups in total. The van der Waals surface area contributed by atoms with E-state index in [1.165, 1.54) is 19.2 Å². The lowest BCUT2D eigenvalue weighted by Gasteiger charge is -2.05. The van der Waals surface area contributed by atoms with Gasteiger partial charge in [0, 0.05) is 11.5 Å². The number of benzene rings is 1. The Bertz CT molecular complexity index is 354. The molecule has 0 spiro atoms. The first-order valence-electron chi connectivity index (χ1n) is 3.53. The highest BCUT2D eigenvalue weighted by atomic mass is 79.9. The van der Waals surface area contributed by atoms with Crippen molar-refractivity contribution >= 4 is 27.5 Å². The number of anilines is 1. The van der Waals surface area contributed by atoms with Crippen molar-refractivity contribution in [1.82, 2.24) is 5.32 Å². The fourth-order valence-electron chi connectivity index (χ4n) is 0.907. The first-order valence-corrected chi connectivity index (χ1v) is 4.32. The van der Waals surface area contributed by atoms with Crippen LogP contribution in [0.4, 0.5) is 10.1 Å². The van der Waals surface area contributed by atoms with Crippen LogP contribution in [0.15, 0.2) is 16.6 Å². The van der Waals surface area contributed by atoms with Gasteiger partial charge in [-0.3, -0.25) is 4.79 Å². The van der Waals surface area contributed by atoms with Crippen molar-refractivity contribution < 1.29 is 9.18 Å². The largest absolute Gasteiger partial charge is 0.396 e. The lowest BCUT2D eigenvalue weighted by Crippen LogP contribution is -2.19. The molecule has 5 heteroatoms. The maximum absolute atomic E-state index is 13.0. The van der Waals surface area contributed by atoms with Crippen LogP contribution in [-0.4, -0.2) is 13.0 Å². The quantitative estimate of drug-likeness (QED) is 0.739. The lowest BCUT2D eigenvalue weighted by molar-refractivity contribution is 0.0963. The Balaban J connectivity index is 3.28. The molecule has 3 nitrogen and oxygen atoms in total. The van der Waals surface area contributed by atoms with Gasteiger partial charge in [-0.1, -0.05) is 15.9 Å². The van der Waals surface area contributed by atoms with Gasteiger partial charge in [0.25, 0.3) is 5.91 Å². The van der Waals surface area contributed by atoms with E-state index in [0.717, 1.165) is 0 Å². The Kier molecular flexibility index (Phi) is 2.87. The van der Waals surface area contributed by atoms with Crippen molar-refractivity contribution in [2.24, 2.45) is 0 Å². The van der Waals surface area contributed by atoms with Crippen LogP contribution in [0.5, 0.6) is 0 Å². The average Bonchev–Trinajstić information content (AvgIpc) is 2.10. The van der Waals surface area contributed by atoms with Gasteiger partial charge >= 0.3 is 0 Å². The molecule has 1 aromatic rings. The zero-order valence-electron chi connectivity index (χ0n) is 6.90. The molecule has 0 aliphatic heterocycles. The minimum absolute atomic E-state index is 0.134. The Morgan fingerprint density at radius 3 is 2.77 bits per heavy atom. The first kappa shape index (κ1) is 9.98. The highest BCUT2D eigenvalue weighted by Crippen LogP contribution is 2.22. The number of hydrogen-bond acceptors (Lipinski definition) is 2. The van der Waals surface area contributed by atoms with Crippen LogP contribution in [0.25, 0.3) is 0 Å². The van der Waals surface area contributed by atoms with Gasteiger partial charge in [-0.05, 0) is 12.1 Å². The van der Waals surface area contributed by atoms with E-state index in [1.807, 2.05) is 0 Å². The third-order valence-corrected chi connectivity index (χ3v) is 2.02. The van der Waals surface area contributed by atoms with Gasteiger partial charge in [0.1, 0.15) is 5.82 Å². The Morgan fingerprint density at radius 1 is 1.62 bits per heavy atom. The molecule has 1 aromatic carbocycles. The molecule has 0 heterocycles. The second-order valence-electron chi connectivity index (χ2n) is 2.43. The third kappa shape index (κ3) is 1.98. The average molecular weight is 247 g/mol. The Labute approximate surface area is 83.2 Å². The molecule has 70 valence electrons. The molecule has 0 saturated carbocycles. The SMILES string of the molecule is CNC(=O)c1cc(Br)cc(F)c1N. The van der Waals surface area contributed by atoms with E-state index in [9.17, 15) is 9.18 Å². The Hall–Kier alpha value is -1.10. The molecule has 0 saturated heterocycles. The number of carbonyl (C=O) groups is 1. The van der Waals surface area contributed by atoms with Crippen LogP contribution in [0.3, 0.4) is 0 Å². The van der Waals surface area contributed by atoms with Crippen LogP contribution >= 0.6 is 15.9 Å². The number of amides is 1. The summed E-state index contributed by atoms with van der Waals surface area (Å²) >= 11 is 3.07. The molecule has 0 unspecified atom stereocenters. The molecule has 0 aliphatic rings. The predicted molar refractivity (Wildman–Crippen MR) is 51.9 cm³/mol. The molecule has 0 bridgehead atoms. The van der Waals surface area contributed by atoms with Crippen molar-refractivity contribution in [2.45, 2.75) is 0 Å². The smallest absolute Gasteiger partial charge is 0.253 e. The van der Waals surface area contributed by atoms with Crippen LogP contribution in [0.2, 0.25) is 0 Å². The summed E-state index contributed by atoms with van der Waals surface area (Å²) < 4.78 is 13.5. The van der Waals surface area contributed by atoms with E-state index in [1.54, 1.807) is 0 Å². The second kappa shape index (κ2) is 3.74.